The van der Waals surface area contributed by atoms with Crippen LogP contribution in [0, 0.1) is 5.92 Å². The highest BCUT2D eigenvalue weighted by molar-refractivity contribution is 5.75. The van der Waals surface area contributed by atoms with E-state index >= 15 is 0 Å². The van der Waals surface area contributed by atoms with E-state index in [1.165, 1.54) is 6.42 Å². The van der Waals surface area contributed by atoms with Crippen LogP contribution >= 0.6 is 0 Å². The number of nitrogens with one attached hydrogen (secondary N) is 1. The number of rotatable bonds is 2. The summed E-state index contributed by atoms with van der Waals surface area (Å²) in [7, 11) is 0. The molecule has 2 saturated heterocycles. The van der Waals surface area contributed by atoms with Crippen LogP contribution in [-0.4, -0.2) is 54.0 Å². The molecule has 2 heterocycles. The van der Waals surface area contributed by atoms with Gasteiger partial charge >= 0.3 is 6.03 Å². The summed E-state index contributed by atoms with van der Waals surface area (Å²) in [5.41, 5.74) is 0. The number of urea groups is 1. The second kappa shape index (κ2) is 6.31. The SMILES string of the molecule is O=C(NC1CCOC1)N1CCCCC1C1CCCC1O. The predicted octanol–water partition coefficient (Wildman–Crippen LogP) is 1.50. The fourth-order valence-corrected chi connectivity index (χ4v) is 3.98. The van der Waals surface area contributed by atoms with Crippen LogP contribution in [0.4, 0.5) is 4.79 Å². The minimum Gasteiger partial charge on any atom is -0.393 e. The summed E-state index contributed by atoms with van der Waals surface area (Å²) in [6.07, 6.45) is 7.03. The first-order valence-electron chi connectivity index (χ1n) is 8.08. The van der Waals surface area contributed by atoms with Gasteiger partial charge in [0.15, 0.2) is 0 Å². The average molecular weight is 282 g/mol. The largest absolute Gasteiger partial charge is 0.393 e. The summed E-state index contributed by atoms with van der Waals surface area (Å²) < 4.78 is 5.32. The Morgan fingerprint density at radius 1 is 1.15 bits per heavy atom. The van der Waals surface area contributed by atoms with E-state index in [1.807, 2.05) is 4.90 Å². The lowest BCUT2D eigenvalue weighted by Crippen LogP contribution is -2.54. The number of aliphatic hydroxyl groups is 1. The summed E-state index contributed by atoms with van der Waals surface area (Å²) >= 11 is 0. The highest BCUT2D eigenvalue weighted by Crippen LogP contribution is 2.35. The molecule has 1 aliphatic carbocycles. The standard InChI is InChI=1S/C15H26N2O3/c18-14-6-3-4-12(14)13-5-1-2-8-17(13)15(19)16-11-7-9-20-10-11/h11-14,18H,1-10H2,(H,16,19). The zero-order valence-electron chi connectivity index (χ0n) is 12.1. The van der Waals surface area contributed by atoms with Gasteiger partial charge in [-0.2, -0.15) is 0 Å². The van der Waals surface area contributed by atoms with Crippen LogP contribution in [-0.2, 0) is 4.74 Å². The van der Waals surface area contributed by atoms with Crippen LogP contribution in [0.2, 0.25) is 0 Å². The third kappa shape index (κ3) is 2.93. The Bertz CT molecular complexity index is 344. The highest BCUT2D eigenvalue weighted by atomic mass is 16.5. The van der Waals surface area contributed by atoms with Gasteiger partial charge in [0.25, 0.3) is 0 Å². The van der Waals surface area contributed by atoms with Gasteiger partial charge in [-0.1, -0.05) is 6.42 Å². The first-order chi connectivity index (χ1) is 9.75. The second-order valence-electron chi connectivity index (χ2n) is 6.43. The van der Waals surface area contributed by atoms with Gasteiger partial charge in [-0.3, -0.25) is 0 Å². The van der Waals surface area contributed by atoms with E-state index < -0.39 is 0 Å². The Balaban J connectivity index is 1.63. The molecule has 114 valence electrons. The van der Waals surface area contributed by atoms with Crippen molar-refractivity contribution in [2.45, 2.75) is 63.1 Å². The molecule has 0 aromatic carbocycles. The highest BCUT2D eigenvalue weighted by Gasteiger charge is 2.39. The zero-order chi connectivity index (χ0) is 13.9. The van der Waals surface area contributed by atoms with Gasteiger partial charge in [0, 0.05) is 25.1 Å². The molecule has 2 amide bonds. The smallest absolute Gasteiger partial charge is 0.317 e. The molecule has 3 fully saturated rings. The lowest BCUT2D eigenvalue weighted by molar-refractivity contribution is 0.0518. The number of amides is 2. The van der Waals surface area contributed by atoms with Crippen molar-refractivity contribution in [2.75, 3.05) is 19.8 Å². The lowest BCUT2D eigenvalue weighted by Gasteiger charge is -2.40. The van der Waals surface area contributed by atoms with Crippen molar-refractivity contribution in [3.05, 3.63) is 0 Å². The third-order valence-corrected chi connectivity index (χ3v) is 5.09. The zero-order valence-corrected chi connectivity index (χ0v) is 12.1. The van der Waals surface area contributed by atoms with Crippen LogP contribution in [0.3, 0.4) is 0 Å². The molecule has 5 nitrogen and oxygen atoms in total. The molecule has 0 spiro atoms. The maximum Gasteiger partial charge on any atom is 0.317 e. The van der Waals surface area contributed by atoms with Gasteiger partial charge in [0.1, 0.15) is 0 Å². The number of carbonyl (C=O) groups excluding carboxylic acids is 1. The normalized spacial score (nSPS) is 38.1. The summed E-state index contributed by atoms with van der Waals surface area (Å²) in [4.78, 5) is 14.5. The maximum atomic E-state index is 12.5. The van der Waals surface area contributed by atoms with Crippen molar-refractivity contribution in [1.82, 2.24) is 10.2 Å². The molecule has 0 aromatic rings. The van der Waals surface area contributed by atoms with E-state index in [-0.39, 0.29) is 30.1 Å². The topological polar surface area (TPSA) is 61.8 Å². The van der Waals surface area contributed by atoms with E-state index in [0.717, 1.165) is 51.7 Å². The van der Waals surface area contributed by atoms with Crippen LogP contribution in [0.1, 0.15) is 44.9 Å². The molecule has 3 aliphatic rings. The molecular formula is C15H26N2O3. The molecule has 5 heteroatoms. The first kappa shape index (κ1) is 14.1. The fraction of sp³-hybridized carbons (Fsp3) is 0.933. The van der Waals surface area contributed by atoms with E-state index in [9.17, 15) is 9.90 Å². The Morgan fingerprint density at radius 2 is 2.05 bits per heavy atom. The van der Waals surface area contributed by atoms with Crippen molar-refractivity contribution in [1.29, 1.82) is 0 Å². The molecule has 4 atom stereocenters. The van der Waals surface area contributed by atoms with E-state index in [0.29, 0.717) is 6.61 Å². The van der Waals surface area contributed by atoms with Crippen molar-refractivity contribution in [3.63, 3.8) is 0 Å². The Hall–Kier alpha value is -0.810. The molecule has 4 unspecified atom stereocenters. The number of ether oxygens (including phenoxy) is 1. The van der Waals surface area contributed by atoms with Crippen molar-refractivity contribution in [3.8, 4) is 0 Å². The molecular weight excluding hydrogens is 256 g/mol. The van der Waals surface area contributed by atoms with Crippen LogP contribution < -0.4 is 5.32 Å². The van der Waals surface area contributed by atoms with Gasteiger partial charge < -0.3 is 20.1 Å². The summed E-state index contributed by atoms with van der Waals surface area (Å²) in [5.74, 6) is 0.279. The summed E-state index contributed by atoms with van der Waals surface area (Å²) in [5, 5.41) is 13.2. The second-order valence-corrected chi connectivity index (χ2v) is 6.43. The maximum absolute atomic E-state index is 12.5. The van der Waals surface area contributed by atoms with E-state index in [2.05, 4.69) is 5.32 Å². The average Bonchev–Trinajstić information content (AvgIpc) is 3.10. The number of aliphatic hydroxyl groups excluding tert-OH is 1. The number of hydrogen-bond donors (Lipinski definition) is 2. The van der Waals surface area contributed by atoms with Crippen LogP contribution in [0.5, 0.6) is 0 Å². The van der Waals surface area contributed by atoms with Gasteiger partial charge in [-0.25, -0.2) is 4.79 Å². The molecule has 0 radical (unpaired) electrons. The molecule has 1 saturated carbocycles. The van der Waals surface area contributed by atoms with Gasteiger partial charge in [0.05, 0.1) is 18.8 Å². The fourth-order valence-electron chi connectivity index (χ4n) is 3.98. The number of piperidine rings is 1. The van der Waals surface area contributed by atoms with Gasteiger partial charge in [-0.05, 0) is 38.5 Å². The Labute approximate surface area is 120 Å². The van der Waals surface area contributed by atoms with Crippen LogP contribution in [0.15, 0.2) is 0 Å². The van der Waals surface area contributed by atoms with E-state index in [4.69, 9.17) is 4.74 Å². The lowest BCUT2D eigenvalue weighted by atomic mass is 9.88. The van der Waals surface area contributed by atoms with Crippen molar-refractivity contribution >= 4 is 6.03 Å². The van der Waals surface area contributed by atoms with Gasteiger partial charge in [-0.15, -0.1) is 0 Å². The first-order valence-corrected chi connectivity index (χ1v) is 8.08. The van der Waals surface area contributed by atoms with Gasteiger partial charge in [0.2, 0.25) is 0 Å². The quantitative estimate of drug-likeness (QED) is 0.807. The number of carbonyl (C=O) groups is 1. The summed E-state index contributed by atoms with van der Waals surface area (Å²) in [6.45, 7) is 2.21. The number of hydrogen-bond acceptors (Lipinski definition) is 3. The van der Waals surface area contributed by atoms with Crippen molar-refractivity contribution in [2.24, 2.45) is 5.92 Å². The molecule has 2 aliphatic heterocycles. The molecule has 0 aromatic heterocycles. The van der Waals surface area contributed by atoms with E-state index in [1.54, 1.807) is 0 Å². The molecule has 2 N–H and O–H groups in total. The van der Waals surface area contributed by atoms with Crippen LogP contribution in [0.25, 0.3) is 0 Å². The third-order valence-electron chi connectivity index (χ3n) is 5.09. The summed E-state index contributed by atoms with van der Waals surface area (Å²) in [6, 6.07) is 0.437. The predicted molar refractivity (Wildman–Crippen MR) is 75.4 cm³/mol. The minimum absolute atomic E-state index is 0.0456. The monoisotopic (exact) mass is 282 g/mol. The molecule has 20 heavy (non-hydrogen) atoms. The molecule has 0 bridgehead atoms. The number of likely N-dealkylation sites (tertiary alicyclic amines) is 1. The Morgan fingerprint density at radius 3 is 2.75 bits per heavy atom. The van der Waals surface area contributed by atoms with Crippen molar-refractivity contribution < 1.29 is 14.6 Å². The molecule has 3 rings (SSSR count). The number of nitrogens with zero attached hydrogens (tertiary/aromatic N) is 1. The minimum atomic E-state index is -0.219. The Kier molecular flexibility index (Phi) is 4.46.